The van der Waals surface area contributed by atoms with E-state index in [-0.39, 0.29) is 6.04 Å². The van der Waals surface area contributed by atoms with Crippen LogP contribution in [-0.2, 0) is 0 Å². The number of hydrogen-bond donors (Lipinski definition) is 1. The lowest BCUT2D eigenvalue weighted by atomic mass is 9.99. The van der Waals surface area contributed by atoms with E-state index in [1.165, 1.54) is 16.7 Å². The average Bonchev–Trinajstić information content (AvgIpc) is 2.36. The molecule has 2 nitrogen and oxygen atoms in total. The van der Waals surface area contributed by atoms with Gasteiger partial charge in [-0.3, -0.25) is 0 Å². The molecule has 2 rings (SSSR count). The Morgan fingerprint density at radius 2 is 1.75 bits per heavy atom. The highest BCUT2D eigenvalue weighted by atomic mass is 35.5. The van der Waals surface area contributed by atoms with Crippen LogP contribution in [0, 0.1) is 20.8 Å². The fourth-order valence-corrected chi connectivity index (χ4v) is 2.88. The van der Waals surface area contributed by atoms with Gasteiger partial charge in [-0.25, -0.2) is 4.98 Å². The van der Waals surface area contributed by atoms with Crippen molar-refractivity contribution in [3.8, 4) is 0 Å². The van der Waals surface area contributed by atoms with Gasteiger partial charge in [-0.15, -0.1) is 0 Å². The van der Waals surface area contributed by atoms with E-state index in [0.29, 0.717) is 10.3 Å². The molecule has 1 atom stereocenters. The van der Waals surface area contributed by atoms with Crippen LogP contribution in [0.4, 0.5) is 5.69 Å². The van der Waals surface area contributed by atoms with Gasteiger partial charge in [0.25, 0.3) is 0 Å². The fraction of sp³-hybridized carbons (Fsp3) is 0.312. The molecule has 1 aromatic carbocycles. The van der Waals surface area contributed by atoms with E-state index in [9.17, 15) is 0 Å². The molecule has 1 N–H and O–H groups in total. The molecule has 2 aromatic rings. The Bertz CT molecular complexity index is 615. The second-order valence-corrected chi connectivity index (χ2v) is 5.90. The smallest absolute Gasteiger partial charge is 0.154 e. The molecular weight excluding hydrogens is 291 g/mol. The predicted molar refractivity (Wildman–Crippen MR) is 86.9 cm³/mol. The highest BCUT2D eigenvalue weighted by Gasteiger charge is 2.13. The van der Waals surface area contributed by atoms with Crippen molar-refractivity contribution in [2.45, 2.75) is 33.7 Å². The van der Waals surface area contributed by atoms with Crippen molar-refractivity contribution in [2.24, 2.45) is 0 Å². The van der Waals surface area contributed by atoms with Gasteiger partial charge in [0, 0.05) is 6.04 Å². The van der Waals surface area contributed by atoms with E-state index in [0.717, 1.165) is 11.3 Å². The van der Waals surface area contributed by atoms with E-state index in [1.807, 2.05) is 13.0 Å². The molecule has 0 aliphatic heterocycles. The molecule has 1 unspecified atom stereocenters. The Kier molecular flexibility index (Phi) is 4.56. The van der Waals surface area contributed by atoms with Crippen LogP contribution in [0.15, 0.2) is 24.3 Å². The lowest BCUT2D eigenvalue weighted by molar-refractivity contribution is 0.868. The summed E-state index contributed by atoms with van der Waals surface area (Å²) >= 11 is 12.1. The number of halogens is 2. The molecule has 0 spiro atoms. The third kappa shape index (κ3) is 3.25. The van der Waals surface area contributed by atoms with Crippen LogP contribution >= 0.6 is 23.2 Å². The average molecular weight is 309 g/mol. The summed E-state index contributed by atoms with van der Waals surface area (Å²) in [5.41, 5.74) is 5.59. The zero-order valence-corrected chi connectivity index (χ0v) is 13.6. The van der Waals surface area contributed by atoms with Gasteiger partial charge in [0.1, 0.15) is 5.15 Å². The Balaban J connectivity index is 2.32. The van der Waals surface area contributed by atoms with Crippen LogP contribution in [0.3, 0.4) is 0 Å². The number of pyridine rings is 1. The number of aryl methyl sites for hydroxylation is 3. The first-order valence-electron chi connectivity index (χ1n) is 6.55. The van der Waals surface area contributed by atoms with Gasteiger partial charge in [0.2, 0.25) is 0 Å². The van der Waals surface area contributed by atoms with E-state index in [4.69, 9.17) is 23.2 Å². The largest absolute Gasteiger partial charge is 0.376 e. The quantitative estimate of drug-likeness (QED) is 0.759. The topological polar surface area (TPSA) is 24.9 Å². The summed E-state index contributed by atoms with van der Waals surface area (Å²) in [7, 11) is 0. The molecule has 0 aliphatic rings. The monoisotopic (exact) mass is 308 g/mol. The minimum absolute atomic E-state index is 0.147. The van der Waals surface area contributed by atoms with Crippen LogP contribution < -0.4 is 5.32 Å². The Morgan fingerprint density at radius 3 is 2.40 bits per heavy atom. The third-order valence-corrected chi connectivity index (χ3v) is 3.87. The number of rotatable bonds is 3. The number of benzene rings is 1. The van der Waals surface area contributed by atoms with Crippen molar-refractivity contribution in [1.29, 1.82) is 0 Å². The molecule has 4 heteroatoms. The van der Waals surface area contributed by atoms with E-state index in [1.54, 1.807) is 0 Å². The Labute approximate surface area is 130 Å². The summed E-state index contributed by atoms with van der Waals surface area (Å²) in [6.45, 7) is 8.29. The molecule has 0 fully saturated rings. The lowest BCUT2D eigenvalue weighted by Gasteiger charge is -2.20. The normalized spacial score (nSPS) is 12.3. The molecule has 20 heavy (non-hydrogen) atoms. The summed E-state index contributed by atoms with van der Waals surface area (Å²) in [5, 5.41) is 4.26. The van der Waals surface area contributed by atoms with Crippen molar-refractivity contribution in [2.75, 3.05) is 5.32 Å². The van der Waals surface area contributed by atoms with Gasteiger partial charge >= 0.3 is 0 Å². The fourth-order valence-electron chi connectivity index (χ4n) is 2.29. The van der Waals surface area contributed by atoms with Crippen molar-refractivity contribution in [1.82, 2.24) is 4.98 Å². The zero-order valence-electron chi connectivity index (χ0n) is 12.1. The standard InChI is InChI=1S/C16H18Cl2N2/c1-9-5-6-10(2)13(7-9)12(4)19-15-11(3)8-14(17)20-16(15)18/h5-8,12,19H,1-4H3. The second-order valence-electron chi connectivity index (χ2n) is 5.15. The molecule has 0 bridgehead atoms. The van der Waals surface area contributed by atoms with E-state index >= 15 is 0 Å². The summed E-state index contributed by atoms with van der Waals surface area (Å²) in [4.78, 5) is 4.09. The van der Waals surface area contributed by atoms with Gasteiger partial charge in [-0.05, 0) is 50.5 Å². The summed E-state index contributed by atoms with van der Waals surface area (Å²) in [6, 6.07) is 8.41. The Hall–Kier alpha value is -1.25. The van der Waals surface area contributed by atoms with Crippen LogP contribution in [0.1, 0.15) is 35.2 Å². The number of aromatic nitrogens is 1. The van der Waals surface area contributed by atoms with Gasteiger partial charge < -0.3 is 5.32 Å². The maximum absolute atomic E-state index is 6.18. The van der Waals surface area contributed by atoms with Crippen molar-refractivity contribution >= 4 is 28.9 Å². The van der Waals surface area contributed by atoms with Gasteiger partial charge in [-0.1, -0.05) is 47.0 Å². The van der Waals surface area contributed by atoms with E-state index < -0.39 is 0 Å². The van der Waals surface area contributed by atoms with Crippen molar-refractivity contribution in [3.63, 3.8) is 0 Å². The van der Waals surface area contributed by atoms with Crippen LogP contribution in [-0.4, -0.2) is 4.98 Å². The van der Waals surface area contributed by atoms with E-state index in [2.05, 4.69) is 49.3 Å². The molecule has 0 saturated heterocycles. The first kappa shape index (κ1) is 15.1. The van der Waals surface area contributed by atoms with Crippen molar-refractivity contribution in [3.05, 3.63) is 56.8 Å². The number of nitrogens with zero attached hydrogens (tertiary/aromatic N) is 1. The zero-order chi connectivity index (χ0) is 14.9. The lowest BCUT2D eigenvalue weighted by Crippen LogP contribution is -2.10. The van der Waals surface area contributed by atoms with Gasteiger partial charge in [-0.2, -0.15) is 0 Å². The minimum atomic E-state index is 0.147. The highest BCUT2D eigenvalue weighted by Crippen LogP contribution is 2.31. The maximum Gasteiger partial charge on any atom is 0.154 e. The molecule has 106 valence electrons. The molecule has 1 heterocycles. The SMILES string of the molecule is Cc1ccc(C)c(C(C)Nc2c(C)cc(Cl)nc2Cl)c1. The molecule has 0 saturated carbocycles. The molecule has 0 aliphatic carbocycles. The number of hydrogen-bond acceptors (Lipinski definition) is 2. The van der Waals surface area contributed by atoms with Gasteiger partial charge in [0.15, 0.2) is 5.15 Å². The molecular formula is C16H18Cl2N2. The summed E-state index contributed by atoms with van der Waals surface area (Å²) in [6.07, 6.45) is 0. The molecule has 1 aromatic heterocycles. The summed E-state index contributed by atoms with van der Waals surface area (Å²) in [5.74, 6) is 0. The van der Waals surface area contributed by atoms with Crippen molar-refractivity contribution < 1.29 is 0 Å². The summed E-state index contributed by atoms with van der Waals surface area (Å²) < 4.78 is 0. The maximum atomic E-state index is 6.18. The second kappa shape index (κ2) is 6.02. The number of nitrogens with one attached hydrogen (secondary N) is 1. The van der Waals surface area contributed by atoms with Crippen LogP contribution in [0.2, 0.25) is 10.3 Å². The third-order valence-electron chi connectivity index (χ3n) is 3.40. The molecule has 0 amide bonds. The minimum Gasteiger partial charge on any atom is -0.376 e. The Morgan fingerprint density at radius 1 is 1.05 bits per heavy atom. The number of anilines is 1. The molecule has 0 radical (unpaired) electrons. The first-order chi connectivity index (χ1) is 9.38. The highest BCUT2D eigenvalue weighted by molar-refractivity contribution is 6.34. The van der Waals surface area contributed by atoms with Gasteiger partial charge in [0.05, 0.1) is 5.69 Å². The van der Waals surface area contributed by atoms with Crippen LogP contribution in [0.25, 0.3) is 0 Å². The predicted octanol–water partition coefficient (Wildman–Crippen LogP) is 5.49. The first-order valence-corrected chi connectivity index (χ1v) is 7.30. The van der Waals surface area contributed by atoms with Crippen LogP contribution in [0.5, 0.6) is 0 Å².